The van der Waals surface area contributed by atoms with Crippen LogP contribution in [-0.2, 0) is 9.53 Å². The van der Waals surface area contributed by atoms with Crippen molar-refractivity contribution in [3.63, 3.8) is 0 Å². The van der Waals surface area contributed by atoms with Crippen LogP contribution >= 0.6 is 0 Å². The van der Waals surface area contributed by atoms with E-state index in [4.69, 9.17) is 16.9 Å². The van der Waals surface area contributed by atoms with Gasteiger partial charge in [0.15, 0.2) is 5.96 Å². The summed E-state index contributed by atoms with van der Waals surface area (Å²) in [5, 5.41) is 5.62. The topological polar surface area (TPSA) is 88.7 Å². The predicted molar refractivity (Wildman–Crippen MR) is 84.0 cm³/mol. The van der Waals surface area contributed by atoms with Crippen molar-refractivity contribution in [2.24, 2.45) is 10.7 Å². The number of nitrogens with zero attached hydrogens (tertiary/aromatic N) is 1. The molecule has 0 heterocycles. The van der Waals surface area contributed by atoms with Crippen molar-refractivity contribution in [3.05, 3.63) is 29.8 Å². The van der Waals surface area contributed by atoms with Gasteiger partial charge < -0.3 is 21.1 Å². The largest absolute Gasteiger partial charge is 0.383 e. The molecule has 0 aliphatic rings. The molecule has 0 aliphatic carbocycles. The van der Waals surface area contributed by atoms with Crippen LogP contribution in [0.1, 0.15) is 12.5 Å². The minimum Gasteiger partial charge on any atom is -0.383 e. The molecule has 0 radical (unpaired) electrons. The molecule has 4 N–H and O–H groups in total. The molecule has 0 aliphatic heterocycles. The Balaban J connectivity index is 2.48. The fraction of sp³-hybridized carbons (Fsp3) is 0.333. The third-order valence-corrected chi connectivity index (χ3v) is 2.52. The van der Waals surface area contributed by atoms with E-state index in [9.17, 15) is 4.79 Å². The van der Waals surface area contributed by atoms with Crippen LogP contribution in [0.4, 0.5) is 5.69 Å². The lowest BCUT2D eigenvalue weighted by atomic mass is 10.2. The molecule has 0 saturated carbocycles. The van der Waals surface area contributed by atoms with Crippen LogP contribution in [0.25, 0.3) is 0 Å². The quantitative estimate of drug-likeness (QED) is 0.405. The third-order valence-electron chi connectivity index (χ3n) is 2.52. The molecular formula is C15H20N4O2. The molecule has 0 saturated heterocycles. The van der Waals surface area contributed by atoms with Crippen LogP contribution in [-0.4, -0.2) is 38.2 Å². The number of nitrogens with two attached hydrogens (primary N) is 1. The first kappa shape index (κ1) is 16.5. The van der Waals surface area contributed by atoms with Crippen molar-refractivity contribution in [2.45, 2.75) is 13.0 Å². The molecule has 1 atom stereocenters. The zero-order chi connectivity index (χ0) is 15.7. The van der Waals surface area contributed by atoms with Gasteiger partial charge >= 0.3 is 0 Å². The Hall–Kier alpha value is -2.52. The van der Waals surface area contributed by atoms with Crippen LogP contribution in [0.15, 0.2) is 29.3 Å². The maximum absolute atomic E-state index is 11.8. The van der Waals surface area contributed by atoms with E-state index in [1.165, 1.54) is 0 Å². The number of hydrogen-bond donors (Lipinski definition) is 3. The fourth-order valence-corrected chi connectivity index (χ4v) is 1.63. The van der Waals surface area contributed by atoms with Gasteiger partial charge in [-0.1, -0.05) is 12.0 Å². The Labute approximate surface area is 124 Å². The average molecular weight is 288 g/mol. The number of anilines is 1. The standard InChI is InChI=1S/C15H20N4O2/c1-4-12-6-5-7-13(8-12)19-14(20)9-17-15(16)18-11(2)10-21-3/h1,5-8,11H,9-10H2,2-3H3,(H,19,20)(H3,16,17,18). The molecular weight excluding hydrogens is 268 g/mol. The maximum atomic E-state index is 11.8. The van der Waals surface area contributed by atoms with E-state index in [1.807, 2.05) is 6.92 Å². The first-order valence-corrected chi connectivity index (χ1v) is 6.47. The lowest BCUT2D eigenvalue weighted by Gasteiger charge is -2.13. The van der Waals surface area contributed by atoms with Crippen LogP contribution < -0.4 is 16.4 Å². The van der Waals surface area contributed by atoms with Gasteiger partial charge in [-0.3, -0.25) is 4.79 Å². The summed E-state index contributed by atoms with van der Waals surface area (Å²) in [5.74, 6) is 2.43. The normalized spacial score (nSPS) is 12.3. The van der Waals surface area contributed by atoms with Gasteiger partial charge in [-0.2, -0.15) is 0 Å². The van der Waals surface area contributed by atoms with Crippen molar-refractivity contribution in [2.75, 3.05) is 25.6 Å². The SMILES string of the molecule is C#Cc1cccc(NC(=O)CN=C(N)NC(C)COC)c1. The number of aliphatic imine (C=N–C) groups is 1. The number of amides is 1. The molecule has 1 unspecified atom stereocenters. The minimum absolute atomic E-state index is 0.0223. The van der Waals surface area contributed by atoms with E-state index in [2.05, 4.69) is 21.5 Å². The van der Waals surface area contributed by atoms with E-state index in [0.717, 1.165) is 0 Å². The smallest absolute Gasteiger partial charge is 0.246 e. The zero-order valence-electron chi connectivity index (χ0n) is 12.2. The summed E-state index contributed by atoms with van der Waals surface area (Å²) in [6.07, 6.45) is 5.30. The van der Waals surface area contributed by atoms with Crippen LogP contribution in [0, 0.1) is 12.3 Å². The van der Waals surface area contributed by atoms with Gasteiger partial charge in [-0.15, -0.1) is 6.42 Å². The van der Waals surface area contributed by atoms with Crippen molar-refractivity contribution in [1.29, 1.82) is 0 Å². The highest BCUT2D eigenvalue weighted by Crippen LogP contribution is 2.09. The number of hydrogen-bond acceptors (Lipinski definition) is 3. The number of methoxy groups -OCH3 is 1. The molecule has 1 amide bonds. The molecule has 1 aromatic carbocycles. The molecule has 0 spiro atoms. The van der Waals surface area contributed by atoms with Gasteiger partial charge in [0.1, 0.15) is 6.54 Å². The monoisotopic (exact) mass is 288 g/mol. The Morgan fingerprint density at radius 3 is 3.00 bits per heavy atom. The van der Waals surface area contributed by atoms with Gasteiger partial charge in [-0.05, 0) is 25.1 Å². The van der Waals surface area contributed by atoms with Gasteiger partial charge in [0.2, 0.25) is 5.91 Å². The van der Waals surface area contributed by atoms with E-state index in [0.29, 0.717) is 17.9 Å². The van der Waals surface area contributed by atoms with Gasteiger partial charge in [0, 0.05) is 24.4 Å². The highest BCUT2D eigenvalue weighted by molar-refractivity contribution is 5.94. The summed E-state index contributed by atoms with van der Waals surface area (Å²) in [4.78, 5) is 15.7. The van der Waals surface area contributed by atoms with E-state index >= 15 is 0 Å². The molecule has 6 heteroatoms. The Bertz CT molecular complexity index is 549. The number of guanidine groups is 1. The Morgan fingerprint density at radius 1 is 1.57 bits per heavy atom. The van der Waals surface area contributed by atoms with Gasteiger partial charge in [0.25, 0.3) is 0 Å². The summed E-state index contributed by atoms with van der Waals surface area (Å²) < 4.78 is 4.96. The predicted octanol–water partition coefficient (Wildman–Crippen LogP) is 0.546. The summed E-state index contributed by atoms with van der Waals surface area (Å²) in [6.45, 7) is 2.33. The lowest BCUT2D eigenvalue weighted by molar-refractivity contribution is -0.114. The number of benzene rings is 1. The Morgan fingerprint density at radius 2 is 2.33 bits per heavy atom. The Kier molecular flexibility index (Phi) is 6.78. The summed E-state index contributed by atoms with van der Waals surface area (Å²) in [7, 11) is 1.60. The van der Waals surface area contributed by atoms with Crippen molar-refractivity contribution in [1.82, 2.24) is 5.32 Å². The zero-order valence-corrected chi connectivity index (χ0v) is 12.2. The van der Waals surface area contributed by atoms with Crippen molar-refractivity contribution in [3.8, 4) is 12.3 Å². The number of terminal acetylenes is 1. The van der Waals surface area contributed by atoms with Gasteiger partial charge in [0.05, 0.1) is 6.61 Å². The molecule has 6 nitrogen and oxygen atoms in total. The first-order valence-electron chi connectivity index (χ1n) is 6.47. The summed E-state index contributed by atoms with van der Waals surface area (Å²) in [6, 6.07) is 7.05. The molecule has 1 aromatic rings. The number of ether oxygens (including phenoxy) is 1. The lowest BCUT2D eigenvalue weighted by Crippen LogP contribution is -2.41. The van der Waals surface area contributed by atoms with Crippen molar-refractivity contribution < 1.29 is 9.53 Å². The highest BCUT2D eigenvalue weighted by Gasteiger charge is 2.04. The number of rotatable bonds is 6. The second kappa shape index (κ2) is 8.61. The maximum Gasteiger partial charge on any atom is 0.246 e. The second-order valence-electron chi connectivity index (χ2n) is 4.48. The van der Waals surface area contributed by atoms with E-state index in [1.54, 1.807) is 31.4 Å². The van der Waals surface area contributed by atoms with Crippen LogP contribution in [0.5, 0.6) is 0 Å². The number of carbonyl (C=O) groups is 1. The minimum atomic E-state index is -0.270. The molecule has 0 fully saturated rings. The van der Waals surface area contributed by atoms with Gasteiger partial charge in [-0.25, -0.2) is 4.99 Å². The van der Waals surface area contributed by atoms with Crippen molar-refractivity contribution >= 4 is 17.6 Å². The number of carbonyl (C=O) groups excluding carboxylic acids is 1. The third kappa shape index (κ3) is 6.45. The summed E-state index contributed by atoms with van der Waals surface area (Å²) >= 11 is 0. The average Bonchev–Trinajstić information content (AvgIpc) is 2.45. The van der Waals surface area contributed by atoms with E-state index < -0.39 is 0 Å². The van der Waals surface area contributed by atoms with Crippen LogP contribution in [0.2, 0.25) is 0 Å². The molecule has 21 heavy (non-hydrogen) atoms. The van der Waals surface area contributed by atoms with Crippen LogP contribution in [0.3, 0.4) is 0 Å². The molecule has 112 valence electrons. The highest BCUT2D eigenvalue weighted by atomic mass is 16.5. The molecule has 0 bridgehead atoms. The molecule has 1 rings (SSSR count). The number of nitrogens with one attached hydrogen (secondary N) is 2. The first-order chi connectivity index (χ1) is 10.0. The second-order valence-corrected chi connectivity index (χ2v) is 4.48. The van der Waals surface area contributed by atoms with E-state index in [-0.39, 0.29) is 24.5 Å². The molecule has 0 aromatic heterocycles. The summed E-state index contributed by atoms with van der Waals surface area (Å²) in [5.41, 5.74) is 7.00. The fourth-order valence-electron chi connectivity index (χ4n) is 1.63.